The zero-order valence-corrected chi connectivity index (χ0v) is 21.0. The second kappa shape index (κ2) is 13.7. The maximum absolute atomic E-state index is 12.7. The van der Waals surface area contributed by atoms with E-state index in [1.165, 1.54) is 0 Å². The molecule has 3 amide bonds. The van der Waals surface area contributed by atoms with Crippen molar-refractivity contribution in [2.75, 3.05) is 43.4 Å². The molecule has 3 N–H and O–H groups in total. The number of carbonyl (C=O) groups is 2. The van der Waals surface area contributed by atoms with Gasteiger partial charge in [0.05, 0.1) is 12.2 Å². The number of hydrogen-bond donors (Lipinski definition) is 3. The zero-order valence-electron chi connectivity index (χ0n) is 21.0. The Hall–Kier alpha value is -4.04. The van der Waals surface area contributed by atoms with E-state index < -0.39 is 6.03 Å². The van der Waals surface area contributed by atoms with Gasteiger partial charge in [-0.2, -0.15) is 0 Å². The van der Waals surface area contributed by atoms with Gasteiger partial charge in [-0.1, -0.05) is 32.0 Å². The summed E-state index contributed by atoms with van der Waals surface area (Å²) in [5, 5.41) is 8.51. The minimum Gasteiger partial charge on any atom is -0.493 e. The van der Waals surface area contributed by atoms with E-state index in [1.54, 1.807) is 42.5 Å². The smallest absolute Gasteiger partial charge is 0.323 e. The Morgan fingerprint density at radius 1 is 0.806 bits per heavy atom. The highest BCUT2D eigenvalue weighted by atomic mass is 16.5. The minimum atomic E-state index is -0.411. The largest absolute Gasteiger partial charge is 0.493 e. The molecule has 0 unspecified atom stereocenters. The number of para-hydroxylation sites is 1. The van der Waals surface area contributed by atoms with Crippen molar-refractivity contribution < 1.29 is 19.1 Å². The number of nitrogens with one attached hydrogen (secondary N) is 3. The van der Waals surface area contributed by atoms with Crippen molar-refractivity contribution in [1.82, 2.24) is 10.2 Å². The van der Waals surface area contributed by atoms with Crippen LogP contribution >= 0.6 is 0 Å². The van der Waals surface area contributed by atoms with E-state index >= 15 is 0 Å². The Morgan fingerprint density at radius 3 is 2.11 bits per heavy atom. The van der Waals surface area contributed by atoms with Crippen molar-refractivity contribution in [3.63, 3.8) is 0 Å². The fourth-order valence-corrected chi connectivity index (χ4v) is 3.55. The molecule has 0 spiro atoms. The molecule has 0 aliphatic carbocycles. The van der Waals surface area contributed by atoms with Crippen molar-refractivity contribution >= 4 is 23.3 Å². The number of rotatable bonds is 12. The molecule has 0 aliphatic rings. The number of urea groups is 1. The maximum Gasteiger partial charge on any atom is 0.323 e. The summed E-state index contributed by atoms with van der Waals surface area (Å²) in [6.07, 6.45) is 0. The molecule has 3 aromatic carbocycles. The predicted octanol–water partition coefficient (Wildman–Crippen LogP) is 5.59. The topological polar surface area (TPSA) is 91.9 Å². The quantitative estimate of drug-likeness (QED) is 0.308. The van der Waals surface area contributed by atoms with Crippen molar-refractivity contribution in [1.29, 1.82) is 0 Å². The van der Waals surface area contributed by atoms with Gasteiger partial charge in [0.2, 0.25) is 0 Å². The standard InChI is InChI=1S/C28H34N4O4/c1-4-32(5-2)19-18-29-27(33)25-17-14-22(20-26(25)35-6-3)31-28(34)30-21-12-15-24(16-13-21)36-23-10-8-7-9-11-23/h7-17,20H,4-6,18-19H2,1-3H3,(H,29,33)(H2,30,31,34). The van der Waals surface area contributed by atoms with Crippen LogP contribution in [-0.2, 0) is 0 Å². The molecule has 190 valence electrons. The van der Waals surface area contributed by atoms with Gasteiger partial charge in [-0.05, 0) is 68.5 Å². The Bertz CT molecular complexity index is 1120. The van der Waals surface area contributed by atoms with Gasteiger partial charge in [-0.3, -0.25) is 4.79 Å². The van der Waals surface area contributed by atoms with Crippen molar-refractivity contribution in [3.05, 3.63) is 78.4 Å². The van der Waals surface area contributed by atoms with Gasteiger partial charge in [0, 0.05) is 30.5 Å². The van der Waals surface area contributed by atoms with Gasteiger partial charge in [-0.15, -0.1) is 0 Å². The molecule has 0 fully saturated rings. The number of hydrogen-bond acceptors (Lipinski definition) is 5. The Kier molecular flexibility index (Phi) is 10.1. The van der Waals surface area contributed by atoms with E-state index in [0.717, 1.165) is 25.4 Å². The number of nitrogens with zero attached hydrogens (tertiary/aromatic N) is 1. The van der Waals surface area contributed by atoms with Gasteiger partial charge < -0.3 is 30.3 Å². The normalized spacial score (nSPS) is 10.6. The van der Waals surface area contributed by atoms with Crippen LogP contribution in [0.2, 0.25) is 0 Å². The second-order valence-electron chi connectivity index (χ2n) is 7.95. The highest BCUT2D eigenvalue weighted by Crippen LogP contribution is 2.25. The van der Waals surface area contributed by atoms with E-state index in [9.17, 15) is 9.59 Å². The van der Waals surface area contributed by atoms with E-state index in [1.807, 2.05) is 37.3 Å². The van der Waals surface area contributed by atoms with Gasteiger partial charge in [-0.25, -0.2) is 4.79 Å². The summed E-state index contributed by atoms with van der Waals surface area (Å²) < 4.78 is 11.4. The van der Waals surface area contributed by atoms with Crippen LogP contribution < -0.4 is 25.4 Å². The van der Waals surface area contributed by atoms with E-state index in [-0.39, 0.29) is 5.91 Å². The summed E-state index contributed by atoms with van der Waals surface area (Å²) in [4.78, 5) is 27.5. The highest BCUT2D eigenvalue weighted by molar-refractivity contribution is 6.01. The fraction of sp³-hybridized carbons (Fsp3) is 0.286. The fourth-order valence-electron chi connectivity index (χ4n) is 3.55. The molecule has 0 aliphatic heterocycles. The number of ether oxygens (including phenoxy) is 2. The lowest BCUT2D eigenvalue weighted by Crippen LogP contribution is -2.35. The summed E-state index contributed by atoms with van der Waals surface area (Å²) in [6, 6.07) is 21.1. The molecule has 0 heterocycles. The Labute approximate surface area is 212 Å². The minimum absolute atomic E-state index is 0.209. The molecule has 0 bridgehead atoms. The zero-order chi connectivity index (χ0) is 25.8. The first-order chi connectivity index (χ1) is 17.5. The first-order valence-electron chi connectivity index (χ1n) is 12.2. The average molecular weight is 491 g/mol. The molecular weight excluding hydrogens is 456 g/mol. The van der Waals surface area contributed by atoms with Crippen LogP contribution in [0.3, 0.4) is 0 Å². The lowest BCUT2D eigenvalue weighted by Gasteiger charge is -2.18. The summed E-state index contributed by atoms with van der Waals surface area (Å²) in [5.41, 5.74) is 1.55. The third kappa shape index (κ3) is 8.02. The van der Waals surface area contributed by atoms with E-state index in [0.29, 0.717) is 41.6 Å². The third-order valence-electron chi connectivity index (χ3n) is 5.48. The Morgan fingerprint density at radius 2 is 1.44 bits per heavy atom. The first kappa shape index (κ1) is 26.6. The highest BCUT2D eigenvalue weighted by Gasteiger charge is 2.14. The number of likely N-dealkylation sites (N-methyl/N-ethyl adjacent to an activating group) is 1. The van der Waals surface area contributed by atoms with Crippen LogP contribution in [0.15, 0.2) is 72.8 Å². The lowest BCUT2D eigenvalue weighted by atomic mass is 10.1. The van der Waals surface area contributed by atoms with Crippen LogP contribution in [-0.4, -0.2) is 49.6 Å². The number of benzene rings is 3. The molecule has 8 nitrogen and oxygen atoms in total. The predicted molar refractivity (Wildman–Crippen MR) is 143 cm³/mol. The van der Waals surface area contributed by atoms with E-state index in [2.05, 4.69) is 34.7 Å². The molecular formula is C28H34N4O4. The molecule has 8 heteroatoms. The third-order valence-corrected chi connectivity index (χ3v) is 5.48. The van der Waals surface area contributed by atoms with Gasteiger partial charge in [0.1, 0.15) is 17.2 Å². The number of anilines is 2. The van der Waals surface area contributed by atoms with Crippen molar-refractivity contribution in [3.8, 4) is 17.2 Å². The SMILES string of the molecule is CCOc1cc(NC(=O)Nc2ccc(Oc3ccccc3)cc2)ccc1C(=O)NCCN(CC)CC. The molecule has 36 heavy (non-hydrogen) atoms. The van der Waals surface area contributed by atoms with Crippen LogP contribution in [0.25, 0.3) is 0 Å². The van der Waals surface area contributed by atoms with Crippen LogP contribution in [0.5, 0.6) is 17.2 Å². The summed E-state index contributed by atoms with van der Waals surface area (Å²) in [6.45, 7) is 9.62. The van der Waals surface area contributed by atoms with Crippen molar-refractivity contribution in [2.45, 2.75) is 20.8 Å². The number of amides is 3. The second-order valence-corrected chi connectivity index (χ2v) is 7.95. The van der Waals surface area contributed by atoms with Crippen LogP contribution in [0.4, 0.5) is 16.2 Å². The average Bonchev–Trinajstić information content (AvgIpc) is 2.88. The lowest BCUT2D eigenvalue weighted by molar-refractivity contribution is 0.0945. The molecule has 3 aromatic rings. The van der Waals surface area contributed by atoms with Crippen LogP contribution in [0.1, 0.15) is 31.1 Å². The van der Waals surface area contributed by atoms with E-state index in [4.69, 9.17) is 9.47 Å². The number of carbonyl (C=O) groups excluding carboxylic acids is 2. The van der Waals surface area contributed by atoms with Crippen molar-refractivity contribution in [2.24, 2.45) is 0 Å². The first-order valence-corrected chi connectivity index (χ1v) is 12.2. The van der Waals surface area contributed by atoms with Gasteiger partial charge in [0.25, 0.3) is 5.91 Å². The van der Waals surface area contributed by atoms with Gasteiger partial charge >= 0.3 is 6.03 Å². The molecule has 0 atom stereocenters. The Balaban J connectivity index is 1.57. The summed E-state index contributed by atoms with van der Waals surface area (Å²) >= 11 is 0. The molecule has 0 aromatic heterocycles. The molecule has 0 saturated carbocycles. The van der Waals surface area contributed by atoms with Gasteiger partial charge in [0.15, 0.2) is 0 Å². The molecule has 3 rings (SSSR count). The monoisotopic (exact) mass is 490 g/mol. The maximum atomic E-state index is 12.7. The summed E-state index contributed by atoms with van der Waals surface area (Å²) in [7, 11) is 0. The summed E-state index contributed by atoms with van der Waals surface area (Å²) in [5.74, 6) is 1.61. The van der Waals surface area contributed by atoms with Crippen LogP contribution in [0, 0.1) is 0 Å². The molecule has 0 saturated heterocycles. The molecule has 0 radical (unpaired) electrons.